The lowest BCUT2D eigenvalue weighted by atomic mass is 10.0. The number of ether oxygens (including phenoxy) is 1. The summed E-state index contributed by atoms with van der Waals surface area (Å²) in [6, 6.07) is -0.602. The molecule has 0 aliphatic rings. The Morgan fingerprint density at radius 3 is 2.41 bits per heavy atom. The summed E-state index contributed by atoms with van der Waals surface area (Å²) in [5, 5.41) is 9.70. The molecule has 2 atom stereocenters. The molecule has 4 heteroatoms. The van der Waals surface area contributed by atoms with Crippen molar-refractivity contribution in [3.63, 3.8) is 0 Å². The fourth-order valence-corrected chi connectivity index (χ4v) is 1.77. The lowest BCUT2D eigenvalue weighted by Crippen LogP contribution is -2.32. The highest BCUT2D eigenvalue weighted by Gasteiger charge is 2.15. The zero-order valence-electron chi connectivity index (χ0n) is 11.2. The number of methoxy groups -OCH3 is 1. The maximum atomic E-state index is 11.0. The second-order valence-corrected chi connectivity index (χ2v) is 4.56. The van der Waals surface area contributed by atoms with Gasteiger partial charge in [-0.2, -0.15) is 0 Å². The first-order valence-electron chi connectivity index (χ1n) is 6.63. The highest BCUT2D eigenvalue weighted by Crippen LogP contribution is 2.11. The standard InChI is InChI=1S/C13H27NO3/c1-3-4-5-6-7-8-11(15)9-10-12(14)13(16)17-2/h11-12,15H,3-10,14H2,1-2H3. The third kappa shape index (κ3) is 9.12. The Morgan fingerprint density at radius 1 is 1.18 bits per heavy atom. The molecule has 0 aromatic carbocycles. The molecule has 0 aromatic heterocycles. The molecule has 0 saturated heterocycles. The number of rotatable bonds is 10. The highest BCUT2D eigenvalue weighted by molar-refractivity contribution is 5.75. The largest absolute Gasteiger partial charge is 0.468 e. The van der Waals surface area contributed by atoms with Crippen molar-refractivity contribution in [2.45, 2.75) is 70.4 Å². The van der Waals surface area contributed by atoms with Gasteiger partial charge in [0.05, 0.1) is 13.2 Å². The van der Waals surface area contributed by atoms with Crippen LogP contribution in [0.4, 0.5) is 0 Å². The second kappa shape index (κ2) is 10.5. The fourth-order valence-electron chi connectivity index (χ4n) is 1.77. The lowest BCUT2D eigenvalue weighted by molar-refractivity contribution is -0.142. The zero-order chi connectivity index (χ0) is 13.1. The molecule has 0 spiro atoms. The average molecular weight is 245 g/mol. The SMILES string of the molecule is CCCCCCCC(O)CCC(N)C(=O)OC. The summed E-state index contributed by atoms with van der Waals surface area (Å²) in [7, 11) is 1.33. The van der Waals surface area contributed by atoms with Gasteiger partial charge in [0, 0.05) is 0 Å². The Hall–Kier alpha value is -0.610. The minimum atomic E-state index is -0.602. The number of hydrogen-bond acceptors (Lipinski definition) is 4. The van der Waals surface area contributed by atoms with Gasteiger partial charge < -0.3 is 15.6 Å². The maximum Gasteiger partial charge on any atom is 0.322 e. The van der Waals surface area contributed by atoms with Gasteiger partial charge >= 0.3 is 5.97 Å². The van der Waals surface area contributed by atoms with Crippen LogP contribution in [-0.4, -0.2) is 30.3 Å². The van der Waals surface area contributed by atoms with Crippen molar-refractivity contribution in [3.05, 3.63) is 0 Å². The monoisotopic (exact) mass is 245 g/mol. The van der Waals surface area contributed by atoms with Crippen LogP contribution < -0.4 is 5.73 Å². The van der Waals surface area contributed by atoms with Crippen molar-refractivity contribution < 1.29 is 14.6 Å². The third-order valence-electron chi connectivity index (χ3n) is 2.96. The van der Waals surface area contributed by atoms with Crippen LogP contribution in [0.5, 0.6) is 0 Å². The molecule has 0 fully saturated rings. The maximum absolute atomic E-state index is 11.0. The predicted molar refractivity (Wildman–Crippen MR) is 68.6 cm³/mol. The quantitative estimate of drug-likeness (QED) is 0.456. The summed E-state index contributed by atoms with van der Waals surface area (Å²) in [4.78, 5) is 11.0. The van der Waals surface area contributed by atoms with Crippen LogP contribution in [0.1, 0.15) is 58.3 Å². The molecule has 0 aliphatic carbocycles. The van der Waals surface area contributed by atoms with E-state index in [0.717, 1.165) is 12.8 Å². The van der Waals surface area contributed by atoms with Crippen LogP contribution in [0.3, 0.4) is 0 Å². The molecule has 2 unspecified atom stereocenters. The van der Waals surface area contributed by atoms with E-state index in [-0.39, 0.29) is 6.10 Å². The van der Waals surface area contributed by atoms with Crippen LogP contribution in [0, 0.1) is 0 Å². The molecule has 0 radical (unpaired) electrons. The topological polar surface area (TPSA) is 72.5 Å². The van der Waals surface area contributed by atoms with Crippen LogP contribution >= 0.6 is 0 Å². The number of carbonyl (C=O) groups is 1. The number of nitrogens with two attached hydrogens (primary N) is 1. The van der Waals surface area contributed by atoms with Crippen LogP contribution in [0.2, 0.25) is 0 Å². The van der Waals surface area contributed by atoms with Crippen molar-refractivity contribution in [2.75, 3.05) is 7.11 Å². The number of esters is 1. The van der Waals surface area contributed by atoms with Crippen molar-refractivity contribution in [1.29, 1.82) is 0 Å². The van der Waals surface area contributed by atoms with E-state index in [0.29, 0.717) is 12.8 Å². The summed E-state index contributed by atoms with van der Waals surface area (Å²) in [6.45, 7) is 2.18. The Labute approximate surface area is 105 Å². The van der Waals surface area contributed by atoms with E-state index in [1.165, 1.54) is 32.8 Å². The van der Waals surface area contributed by atoms with Gasteiger partial charge in [-0.05, 0) is 19.3 Å². The summed E-state index contributed by atoms with van der Waals surface area (Å²) in [5.74, 6) is -0.403. The minimum Gasteiger partial charge on any atom is -0.468 e. The van der Waals surface area contributed by atoms with E-state index in [9.17, 15) is 9.90 Å². The molecule has 17 heavy (non-hydrogen) atoms. The smallest absolute Gasteiger partial charge is 0.322 e. The van der Waals surface area contributed by atoms with Gasteiger partial charge in [-0.1, -0.05) is 39.0 Å². The van der Waals surface area contributed by atoms with Gasteiger partial charge in [-0.25, -0.2) is 0 Å². The fraction of sp³-hybridized carbons (Fsp3) is 0.923. The first-order valence-corrected chi connectivity index (χ1v) is 6.63. The van der Waals surface area contributed by atoms with E-state index >= 15 is 0 Å². The van der Waals surface area contributed by atoms with Crippen molar-refractivity contribution in [1.82, 2.24) is 0 Å². The number of aliphatic hydroxyl groups excluding tert-OH is 1. The summed E-state index contributed by atoms with van der Waals surface area (Å²) in [5.41, 5.74) is 5.58. The Kier molecular flexibility index (Phi) is 10.2. The minimum absolute atomic E-state index is 0.340. The second-order valence-electron chi connectivity index (χ2n) is 4.56. The molecule has 0 aromatic rings. The number of aliphatic hydroxyl groups is 1. The Bertz CT molecular complexity index is 197. The number of hydrogen-bond donors (Lipinski definition) is 2. The molecule has 4 nitrogen and oxygen atoms in total. The summed E-state index contributed by atoms with van der Waals surface area (Å²) < 4.78 is 4.52. The van der Waals surface area contributed by atoms with Gasteiger partial charge in [-0.15, -0.1) is 0 Å². The normalized spacial score (nSPS) is 14.4. The van der Waals surface area contributed by atoms with Gasteiger partial charge in [0.15, 0.2) is 0 Å². The van der Waals surface area contributed by atoms with Gasteiger partial charge in [0.1, 0.15) is 6.04 Å². The Morgan fingerprint density at radius 2 is 1.82 bits per heavy atom. The molecule has 102 valence electrons. The summed E-state index contributed by atoms with van der Waals surface area (Å²) in [6.07, 6.45) is 7.49. The van der Waals surface area contributed by atoms with Gasteiger partial charge in [-0.3, -0.25) is 4.79 Å². The Balaban J connectivity index is 3.45. The van der Waals surface area contributed by atoms with Crippen LogP contribution in [0.15, 0.2) is 0 Å². The lowest BCUT2D eigenvalue weighted by Gasteiger charge is -2.13. The molecule has 0 amide bonds. The third-order valence-corrected chi connectivity index (χ3v) is 2.96. The number of unbranched alkanes of at least 4 members (excludes halogenated alkanes) is 4. The molecule has 0 rings (SSSR count). The molecule has 0 bridgehead atoms. The van der Waals surface area contributed by atoms with Crippen molar-refractivity contribution in [3.8, 4) is 0 Å². The molecular weight excluding hydrogens is 218 g/mol. The van der Waals surface area contributed by atoms with E-state index in [1.54, 1.807) is 0 Å². The zero-order valence-corrected chi connectivity index (χ0v) is 11.2. The molecule has 3 N–H and O–H groups in total. The predicted octanol–water partition coefficient (Wildman–Crippen LogP) is 1.99. The van der Waals surface area contributed by atoms with Gasteiger partial charge in [0.2, 0.25) is 0 Å². The van der Waals surface area contributed by atoms with Crippen LogP contribution in [0.25, 0.3) is 0 Å². The summed E-state index contributed by atoms with van der Waals surface area (Å²) >= 11 is 0. The van der Waals surface area contributed by atoms with E-state index in [4.69, 9.17) is 5.73 Å². The average Bonchev–Trinajstić information content (AvgIpc) is 2.34. The van der Waals surface area contributed by atoms with E-state index in [2.05, 4.69) is 11.7 Å². The molecular formula is C13H27NO3. The number of carbonyl (C=O) groups excluding carboxylic acids is 1. The van der Waals surface area contributed by atoms with Gasteiger partial charge in [0.25, 0.3) is 0 Å². The molecule has 0 saturated carbocycles. The van der Waals surface area contributed by atoms with E-state index in [1.807, 2.05) is 0 Å². The first kappa shape index (κ1) is 16.4. The van der Waals surface area contributed by atoms with E-state index < -0.39 is 12.0 Å². The van der Waals surface area contributed by atoms with Crippen molar-refractivity contribution in [2.24, 2.45) is 5.73 Å². The highest BCUT2D eigenvalue weighted by atomic mass is 16.5. The van der Waals surface area contributed by atoms with Crippen LogP contribution in [-0.2, 0) is 9.53 Å². The molecule has 0 heterocycles. The first-order chi connectivity index (χ1) is 8.11. The molecule has 0 aliphatic heterocycles. The van der Waals surface area contributed by atoms with Crippen molar-refractivity contribution >= 4 is 5.97 Å².